The first-order valence-corrected chi connectivity index (χ1v) is 8.51. The van der Waals surface area contributed by atoms with Gasteiger partial charge in [-0.1, -0.05) is 0 Å². The Kier molecular flexibility index (Phi) is 5.07. The molecule has 2 atom stereocenters. The SMILES string of the molecule is OC(CN1CCOCC1)CN1CCCC1c1ccsc1. The highest BCUT2D eigenvalue weighted by molar-refractivity contribution is 7.07. The maximum atomic E-state index is 10.4. The Balaban J connectivity index is 1.51. The van der Waals surface area contributed by atoms with Crippen LogP contribution in [0.5, 0.6) is 0 Å². The van der Waals surface area contributed by atoms with E-state index in [1.54, 1.807) is 11.3 Å². The van der Waals surface area contributed by atoms with E-state index in [1.807, 2.05) is 0 Å². The number of nitrogens with zero attached hydrogens (tertiary/aromatic N) is 2. The summed E-state index contributed by atoms with van der Waals surface area (Å²) in [6.07, 6.45) is 2.21. The van der Waals surface area contributed by atoms with Crippen LogP contribution in [-0.4, -0.2) is 66.9 Å². The molecule has 0 aromatic carbocycles. The zero-order valence-corrected chi connectivity index (χ0v) is 12.7. The van der Waals surface area contributed by atoms with E-state index in [1.165, 1.54) is 18.4 Å². The Labute approximate surface area is 125 Å². The number of rotatable bonds is 5. The molecular weight excluding hydrogens is 272 g/mol. The van der Waals surface area contributed by atoms with Crippen LogP contribution in [0.15, 0.2) is 16.8 Å². The molecule has 0 spiro atoms. The Morgan fingerprint density at radius 3 is 2.90 bits per heavy atom. The Morgan fingerprint density at radius 2 is 2.15 bits per heavy atom. The topological polar surface area (TPSA) is 35.9 Å². The number of β-amino-alcohol motifs (C(OH)–C–C–N with tert-alkyl or cyclic N) is 1. The molecular formula is C15H24N2O2S. The van der Waals surface area contributed by atoms with Crippen molar-refractivity contribution in [3.63, 3.8) is 0 Å². The number of hydrogen-bond donors (Lipinski definition) is 1. The molecule has 3 rings (SSSR count). The summed E-state index contributed by atoms with van der Waals surface area (Å²) in [5.74, 6) is 0. The average Bonchev–Trinajstić information content (AvgIpc) is 3.10. The van der Waals surface area contributed by atoms with E-state index in [4.69, 9.17) is 4.74 Å². The first kappa shape index (κ1) is 14.5. The summed E-state index contributed by atoms with van der Waals surface area (Å²) in [6.45, 7) is 6.17. The fraction of sp³-hybridized carbons (Fsp3) is 0.733. The largest absolute Gasteiger partial charge is 0.390 e. The average molecular weight is 296 g/mol. The maximum Gasteiger partial charge on any atom is 0.0794 e. The van der Waals surface area contributed by atoms with Gasteiger partial charge in [-0.3, -0.25) is 9.80 Å². The molecule has 0 bridgehead atoms. The third kappa shape index (κ3) is 3.59. The number of likely N-dealkylation sites (tertiary alicyclic amines) is 1. The molecule has 4 nitrogen and oxygen atoms in total. The van der Waals surface area contributed by atoms with Gasteiger partial charge < -0.3 is 9.84 Å². The Morgan fingerprint density at radius 1 is 1.30 bits per heavy atom. The number of aliphatic hydroxyl groups is 1. The zero-order chi connectivity index (χ0) is 13.8. The van der Waals surface area contributed by atoms with E-state index in [0.717, 1.165) is 45.9 Å². The van der Waals surface area contributed by atoms with Crippen molar-refractivity contribution in [2.75, 3.05) is 45.9 Å². The van der Waals surface area contributed by atoms with Crippen LogP contribution in [0.2, 0.25) is 0 Å². The molecule has 2 aliphatic heterocycles. The van der Waals surface area contributed by atoms with Crippen LogP contribution in [0, 0.1) is 0 Å². The summed E-state index contributed by atoms with van der Waals surface area (Å²) >= 11 is 1.76. The number of aliphatic hydroxyl groups excluding tert-OH is 1. The predicted octanol–water partition coefficient (Wildman–Crippen LogP) is 1.58. The zero-order valence-electron chi connectivity index (χ0n) is 11.9. The lowest BCUT2D eigenvalue weighted by Crippen LogP contribution is -2.44. The van der Waals surface area contributed by atoms with Gasteiger partial charge in [0, 0.05) is 32.2 Å². The molecule has 2 aliphatic rings. The summed E-state index contributed by atoms with van der Waals surface area (Å²) < 4.78 is 5.35. The van der Waals surface area contributed by atoms with E-state index >= 15 is 0 Å². The van der Waals surface area contributed by atoms with Crippen molar-refractivity contribution >= 4 is 11.3 Å². The van der Waals surface area contributed by atoms with E-state index in [9.17, 15) is 5.11 Å². The highest BCUT2D eigenvalue weighted by atomic mass is 32.1. The third-order valence-corrected chi connectivity index (χ3v) is 5.01. The molecule has 0 radical (unpaired) electrons. The minimum absolute atomic E-state index is 0.257. The smallest absolute Gasteiger partial charge is 0.0794 e. The van der Waals surface area contributed by atoms with Gasteiger partial charge in [0.1, 0.15) is 0 Å². The van der Waals surface area contributed by atoms with E-state index in [2.05, 4.69) is 26.6 Å². The lowest BCUT2D eigenvalue weighted by atomic mass is 10.1. The van der Waals surface area contributed by atoms with Gasteiger partial charge in [0.25, 0.3) is 0 Å². The second-order valence-corrected chi connectivity index (χ2v) is 6.56. The molecule has 1 N–H and O–H groups in total. The monoisotopic (exact) mass is 296 g/mol. The quantitative estimate of drug-likeness (QED) is 0.895. The second-order valence-electron chi connectivity index (χ2n) is 5.78. The molecule has 0 saturated carbocycles. The highest BCUT2D eigenvalue weighted by Crippen LogP contribution is 2.32. The number of thiophene rings is 1. The van der Waals surface area contributed by atoms with Crippen LogP contribution < -0.4 is 0 Å². The molecule has 112 valence electrons. The molecule has 0 aliphatic carbocycles. The number of ether oxygens (including phenoxy) is 1. The summed E-state index contributed by atoms with van der Waals surface area (Å²) in [6, 6.07) is 2.74. The van der Waals surface area contributed by atoms with Crippen LogP contribution in [0.25, 0.3) is 0 Å². The van der Waals surface area contributed by atoms with Crippen molar-refractivity contribution in [1.29, 1.82) is 0 Å². The van der Waals surface area contributed by atoms with Crippen LogP contribution >= 0.6 is 11.3 Å². The van der Waals surface area contributed by atoms with Gasteiger partial charge in [0.05, 0.1) is 19.3 Å². The van der Waals surface area contributed by atoms with Gasteiger partial charge in [-0.15, -0.1) is 0 Å². The van der Waals surface area contributed by atoms with Crippen molar-refractivity contribution < 1.29 is 9.84 Å². The molecule has 2 saturated heterocycles. The molecule has 0 amide bonds. The van der Waals surface area contributed by atoms with Crippen molar-refractivity contribution in [3.8, 4) is 0 Å². The molecule has 2 unspecified atom stereocenters. The van der Waals surface area contributed by atoms with E-state index in [-0.39, 0.29) is 6.10 Å². The summed E-state index contributed by atoms with van der Waals surface area (Å²) in [4.78, 5) is 4.76. The highest BCUT2D eigenvalue weighted by Gasteiger charge is 2.28. The van der Waals surface area contributed by atoms with Crippen molar-refractivity contribution in [2.24, 2.45) is 0 Å². The van der Waals surface area contributed by atoms with E-state index < -0.39 is 0 Å². The maximum absolute atomic E-state index is 10.4. The summed E-state index contributed by atoms with van der Waals surface area (Å²) in [5, 5.41) is 14.8. The van der Waals surface area contributed by atoms with Crippen molar-refractivity contribution in [1.82, 2.24) is 9.80 Å². The normalized spacial score (nSPS) is 26.9. The molecule has 2 fully saturated rings. The van der Waals surface area contributed by atoms with Crippen molar-refractivity contribution in [3.05, 3.63) is 22.4 Å². The number of morpholine rings is 1. The van der Waals surface area contributed by atoms with Gasteiger partial charge in [-0.05, 0) is 41.8 Å². The minimum Gasteiger partial charge on any atom is -0.390 e. The summed E-state index contributed by atoms with van der Waals surface area (Å²) in [5.41, 5.74) is 1.42. The Bertz CT molecular complexity index is 393. The van der Waals surface area contributed by atoms with Gasteiger partial charge in [-0.25, -0.2) is 0 Å². The fourth-order valence-electron chi connectivity index (χ4n) is 3.30. The van der Waals surface area contributed by atoms with Gasteiger partial charge >= 0.3 is 0 Å². The van der Waals surface area contributed by atoms with Crippen molar-refractivity contribution in [2.45, 2.75) is 25.0 Å². The fourth-order valence-corrected chi connectivity index (χ4v) is 4.00. The third-order valence-electron chi connectivity index (χ3n) is 4.31. The lowest BCUT2D eigenvalue weighted by Gasteiger charge is -2.31. The molecule has 3 heterocycles. The standard InChI is InChI=1S/C15H24N2O2S/c18-14(10-16-5-7-19-8-6-16)11-17-4-1-2-15(17)13-3-9-20-12-13/h3,9,12,14-15,18H,1-2,4-8,10-11H2. The molecule has 1 aromatic rings. The second kappa shape index (κ2) is 7.00. The van der Waals surface area contributed by atoms with Crippen LogP contribution in [0.4, 0.5) is 0 Å². The first-order valence-electron chi connectivity index (χ1n) is 7.57. The lowest BCUT2D eigenvalue weighted by molar-refractivity contribution is 0.00586. The predicted molar refractivity (Wildman–Crippen MR) is 81.1 cm³/mol. The van der Waals surface area contributed by atoms with Gasteiger partial charge in [0.2, 0.25) is 0 Å². The summed E-state index contributed by atoms with van der Waals surface area (Å²) in [7, 11) is 0. The molecule has 20 heavy (non-hydrogen) atoms. The first-order chi connectivity index (χ1) is 9.83. The van der Waals surface area contributed by atoms with Crippen LogP contribution in [0.1, 0.15) is 24.4 Å². The van der Waals surface area contributed by atoms with Gasteiger partial charge in [-0.2, -0.15) is 11.3 Å². The van der Waals surface area contributed by atoms with Gasteiger partial charge in [0.15, 0.2) is 0 Å². The Hall–Kier alpha value is -0.460. The molecule has 5 heteroatoms. The number of hydrogen-bond acceptors (Lipinski definition) is 5. The van der Waals surface area contributed by atoms with Crippen LogP contribution in [0.3, 0.4) is 0 Å². The minimum atomic E-state index is -0.257. The molecule has 1 aromatic heterocycles. The van der Waals surface area contributed by atoms with Crippen LogP contribution in [-0.2, 0) is 4.74 Å². The van der Waals surface area contributed by atoms with E-state index in [0.29, 0.717) is 6.04 Å².